The van der Waals surface area contributed by atoms with Crippen LogP contribution < -0.4 is 0 Å². The number of phenolic OH excluding ortho intramolecular Hbond substituents is 1. The van der Waals surface area contributed by atoms with E-state index in [9.17, 15) is 5.11 Å². The molecule has 5 rings (SSSR count). The molecule has 2 aromatic carbocycles. The predicted molar refractivity (Wildman–Crippen MR) is 107 cm³/mol. The van der Waals surface area contributed by atoms with Crippen molar-refractivity contribution in [3.63, 3.8) is 0 Å². The highest BCUT2D eigenvalue weighted by molar-refractivity contribution is 7.71. The van der Waals surface area contributed by atoms with Crippen LogP contribution in [0.25, 0.3) is 38.9 Å². The van der Waals surface area contributed by atoms with Gasteiger partial charge in [-0.2, -0.15) is 10.2 Å². The molecule has 3 heterocycles. The van der Waals surface area contributed by atoms with Crippen LogP contribution in [0.4, 0.5) is 0 Å². The van der Waals surface area contributed by atoms with Crippen molar-refractivity contribution in [1.82, 2.24) is 29.5 Å². The van der Waals surface area contributed by atoms with Crippen molar-refractivity contribution in [2.75, 3.05) is 0 Å². The number of hydrogen-bond acceptors (Lipinski definition) is 4. The molecule has 134 valence electrons. The Bertz CT molecular complexity index is 1390. The highest BCUT2D eigenvalue weighted by atomic mass is 32.1. The quantitative estimate of drug-likeness (QED) is 0.407. The number of rotatable bonds is 2. The van der Waals surface area contributed by atoms with E-state index in [4.69, 9.17) is 12.2 Å². The molecule has 0 aliphatic heterocycles. The molecule has 0 saturated heterocycles. The van der Waals surface area contributed by atoms with Gasteiger partial charge in [-0.3, -0.25) is 14.3 Å². The second kappa shape index (κ2) is 5.55. The first kappa shape index (κ1) is 15.8. The Morgan fingerprint density at radius 2 is 2.04 bits per heavy atom. The van der Waals surface area contributed by atoms with Gasteiger partial charge in [0.1, 0.15) is 5.75 Å². The van der Waals surface area contributed by atoms with E-state index in [-0.39, 0.29) is 5.75 Å². The molecule has 0 unspecified atom stereocenters. The fraction of sp³-hybridized carbons (Fsp3) is 0.105. The number of nitrogens with one attached hydrogen (secondary N) is 2. The Morgan fingerprint density at radius 1 is 1.19 bits per heavy atom. The summed E-state index contributed by atoms with van der Waals surface area (Å²) in [5, 5.41) is 24.1. The maximum absolute atomic E-state index is 10.6. The maximum Gasteiger partial charge on any atom is 0.200 e. The Balaban J connectivity index is 1.76. The van der Waals surface area contributed by atoms with E-state index >= 15 is 0 Å². The van der Waals surface area contributed by atoms with Gasteiger partial charge in [-0.15, -0.1) is 0 Å². The van der Waals surface area contributed by atoms with Gasteiger partial charge in [0.2, 0.25) is 0 Å². The van der Waals surface area contributed by atoms with Gasteiger partial charge in [0.15, 0.2) is 10.6 Å². The van der Waals surface area contributed by atoms with Gasteiger partial charge in [0.25, 0.3) is 0 Å². The van der Waals surface area contributed by atoms with E-state index in [1.807, 2.05) is 59.9 Å². The second-order valence-electron chi connectivity index (χ2n) is 6.59. The number of fused-ring (bicyclic) bond motifs is 2. The molecule has 0 radical (unpaired) electrons. The van der Waals surface area contributed by atoms with Crippen molar-refractivity contribution in [2.24, 2.45) is 7.05 Å². The lowest BCUT2D eigenvalue weighted by molar-refractivity contribution is 0.477. The van der Waals surface area contributed by atoms with E-state index in [0.29, 0.717) is 16.2 Å². The summed E-state index contributed by atoms with van der Waals surface area (Å²) in [6.45, 7) is 2.02. The van der Waals surface area contributed by atoms with E-state index < -0.39 is 0 Å². The average molecular weight is 376 g/mol. The number of phenols is 1. The summed E-state index contributed by atoms with van der Waals surface area (Å²) in [6, 6.07) is 9.62. The normalized spacial score (nSPS) is 11.6. The molecular weight excluding hydrogens is 360 g/mol. The van der Waals surface area contributed by atoms with Gasteiger partial charge >= 0.3 is 0 Å². The van der Waals surface area contributed by atoms with Crippen LogP contribution in [0.3, 0.4) is 0 Å². The van der Waals surface area contributed by atoms with Crippen LogP contribution >= 0.6 is 12.2 Å². The lowest BCUT2D eigenvalue weighted by atomic mass is 10.1. The summed E-state index contributed by atoms with van der Waals surface area (Å²) in [4.78, 5) is 3.16. The Kier molecular flexibility index (Phi) is 3.26. The number of H-pyrrole nitrogens is 2. The molecule has 7 nitrogen and oxygen atoms in total. The van der Waals surface area contributed by atoms with Gasteiger partial charge < -0.3 is 10.1 Å². The molecule has 0 bridgehead atoms. The van der Waals surface area contributed by atoms with Crippen LogP contribution in [-0.2, 0) is 7.05 Å². The molecular formula is C19H16N6OS. The Morgan fingerprint density at radius 3 is 2.89 bits per heavy atom. The van der Waals surface area contributed by atoms with Crippen molar-refractivity contribution in [2.45, 2.75) is 6.92 Å². The minimum atomic E-state index is 0.141. The van der Waals surface area contributed by atoms with Crippen molar-refractivity contribution < 1.29 is 5.11 Å². The van der Waals surface area contributed by atoms with Crippen molar-refractivity contribution in [3.8, 4) is 22.8 Å². The van der Waals surface area contributed by atoms with Crippen molar-refractivity contribution in [3.05, 3.63) is 53.1 Å². The number of aryl methyl sites for hydroxylation is 2. The molecule has 0 atom stereocenters. The van der Waals surface area contributed by atoms with E-state index in [1.165, 1.54) is 0 Å². The van der Waals surface area contributed by atoms with Gasteiger partial charge in [-0.1, -0.05) is 0 Å². The van der Waals surface area contributed by atoms with E-state index in [0.717, 1.165) is 33.1 Å². The highest BCUT2D eigenvalue weighted by Crippen LogP contribution is 2.34. The first-order valence-electron chi connectivity index (χ1n) is 8.43. The molecule has 0 amide bonds. The fourth-order valence-corrected chi connectivity index (χ4v) is 3.72. The molecule has 8 heteroatoms. The third-order valence-electron chi connectivity index (χ3n) is 4.91. The molecule has 0 fully saturated rings. The number of aromatic amines is 2. The van der Waals surface area contributed by atoms with Gasteiger partial charge in [0.05, 0.1) is 23.0 Å². The smallest absolute Gasteiger partial charge is 0.200 e. The molecule has 3 N–H and O–H groups in total. The summed E-state index contributed by atoms with van der Waals surface area (Å²) in [5.41, 5.74) is 4.48. The fourth-order valence-electron chi connectivity index (χ4n) is 3.48. The maximum atomic E-state index is 10.6. The van der Waals surface area contributed by atoms with E-state index in [1.54, 1.807) is 6.07 Å². The second-order valence-corrected chi connectivity index (χ2v) is 6.97. The summed E-state index contributed by atoms with van der Waals surface area (Å²) in [5.74, 6) is 0.699. The molecule has 0 spiro atoms. The van der Waals surface area contributed by atoms with Crippen molar-refractivity contribution >= 4 is 34.0 Å². The lowest BCUT2D eigenvalue weighted by Crippen LogP contribution is -1.98. The third kappa shape index (κ3) is 2.30. The van der Waals surface area contributed by atoms with Crippen LogP contribution in [-0.4, -0.2) is 34.6 Å². The van der Waals surface area contributed by atoms with Crippen LogP contribution in [0.5, 0.6) is 5.75 Å². The van der Waals surface area contributed by atoms with E-state index in [2.05, 4.69) is 20.3 Å². The Hall–Kier alpha value is -3.39. The molecule has 27 heavy (non-hydrogen) atoms. The number of benzene rings is 2. The first-order chi connectivity index (χ1) is 13.0. The standard InChI is InChI=1S/C19H16N6OS/c1-10-8-20-15-7-17(26)14(6-13(10)15)18-22-23-19(27)25(18)12-3-4-16-11(5-12)9-21-24(16)2/h3-9,20,26H,1-2H3,(H,23,27). The van der Waals surface area contributed by atoms with Crippen LogP contribution in [0.1, 0.15) is 5.56 Å². The van der Waals surface area contributed by atoms with Crippen LogP contribution in [0.15, 0.2) is 42.7 Å². The predicted octanol–water partition coefficient (Wildman–Crippen LogP) is 3.98. The summed E-state index contributed by atoms with van der Waals surface area (Å²) in [7, 11) is 1.91. The monoisotopic (exact) mass is 376 g/mol. The lowest BCUT2D eigenvalue weighted by Gasteiger charge is -2.09. The highest BCUT2D eigenvalue weighted by Gasteiger charge is 2.17. The SMILES string of the molecule is Cc1c[nH]c2cc(O)c(-c3n[nH]c(=S)n3-c3ccc4c(cnn4C)c3)cc12. The zero-order valence-electron chi connectivity index (χ0n) is 14.7. The average Bonchev–Trinajstić information content (AvgIpc) is 3.32. The molecule has 3 aromatic heterocycles. The first-order valence-corrected chi connectivity index (χ1v) is 8.84. The zero-order valence-corrected chi connectivity index (χ0v) is 15.5. The third-order valence-corrected chi connectivity index (χ3v) is 5.18. The van der Waals surface area contributed by atoms with Gasteiger partial charge in [-0.25, -0.2) is 0 Å². The molecule has 0 aliphatic rings. The van der Waals surface area contributed by atoms with Crippen LogP contribution in [0.2, 0.25) is 0 Å². The number of aromatic nitrogens is 6. The summed E-state index contributed by atoms with van der Waals surface area (Å²) in [6.07, 6.45) is 3.73. The minimum absolute atomic E-state index is 0.141. The largest absolute Gasteiger partial charge is 0.507 e. The topological polar surface area (TPSA) is 87.4 Å². The molecule has 0 aliphatic carbocycles. The Labute approximate surface area is 158 Å². The molecule has 0 saturated carbocycles. The summed E-state index contributed by atoms with van der Waals surface area (Å²) >= 11 is 5.47. The van der Waals surface area contributed by atoms with Gasteiger partial charge in [0, 0.05) is 35.6 Å². The van der Waals surface area contributed by atoms with Crippen LogP contribution in [0, 0.1) is 11.7 Å². The minimum Gasteiger partial charge on any atom is -0.507 e. The summed E-state index contributed by atoms with van der Waals surface area (Å²) < 4.78 is 4.10. The molecule has 5 aromatic rings. The van der Waals surface area contributed by atoms with Crippen molar-refractivity contribution in [1.29, 1.82) is 0 Å². The van der Waals surface area contributed by atoms with Gasteiger partial charge in [-0.05, 0) is 49.0 Å². The number of aromatic hydroxyl groups is 1. The number of nitrogens with zero attached hydrogens (tertiary/aromatic N) is 4. The zero-order chi connectivity index (χ0) is 18.7. The number of hydrogen-bond donors (Lipinski definition) is 3.